The molecular weight excluding hydrogens is 278 g/mol. The summed E-state index contributed by atoms with van der Waals surface area (Å²) in [5.41, 5.74) is 1.29. The Hall–Kier alpha value is -1.83. The first kappa shape index (κ1) is 14.6. The van der Waals surface area contributed by atoms with Crippen molar-refractivity contribution in [1.29, 1.82) is 0 Å². The van der Waals surface area contributed by atoms with E-state index in [1.807, 2.05) is 0 Å². The SMILES string of the molecule is OCC#Cc1cc(F)cc(CSc2cccc(F)c2)c1. The van der Waals surface area contributed by atoms with Gasteiger partial charge in [-0.25, -0.2) is 8.78 Å². The Kier molecular flexibility index (Phi) is 5.16. The van der Waals surface area contributed by atoms with Gasteiger partial charge < -0.3 is 5.11 Å². The lowest BCUT2D eigenvalue weighted by molar-refractivity contribution is 0.350. The molecule has 0 aliphatic rings. The first-order valence-corrected chi connectivity index (χ1v) is 6.93. The fraction of sp³-hybridized carbons (Fsp3) is 0.125. The molecule has 0 aromatic heterocycles. The minimum absolute atomic E-state index is 0.260. The van der Waals surface area contributed by atoms with Gasteiger partial charge in [0.1, 0.15) is 18.2 Å². The van der Waals surface area contributed by atoms with Crippen molar-refractivity contribution >= 4 is 11.8 Å². The zero-order valence-corrected chi connectivity index (χ0v) is 11.4. The maximum atomic E-state index is 13.4. The summed E-state index contributed by atoms with van der Waals surface area (Å²) in [5, 5.41) is 8.64. The van der Waals surface area contributed by atoms with Crippen LogP contribution in [0.25, 0.3) is 0 Å². The molecule has 0 spiro atoms. The third-order valence-corrected chi connectivity index (χ3v) is 3.54. The van der Waals surface area contributed by atoms with Crippen LogP contribution in [0.4, 0.5) is 8.78 Å². The smallest absolute Gasteiger partial charge is 0.124 e. The third-order valence-electron chi connectivity index (χ3n) is 2.47. The quantitative estimate of drug-likeness (QED) is 0.688. The van der Waals surface area contributed by atoms with E-state index in [2.05, 4.69) is 11.8 Å². The lowest BCUT2D eigenvalue weighted by Gasteiger charge is -2.04. The molecule has 4 heteroatoms. The van der Waals surface area contributed by atoms with Gasteiger partial charge in [-0.1, -0.05) is 17.9 Å². The Morgan fingerprint density at radius 3 is 2.65 bits per heavy atom. The van der Waals surface area contributed by atoms with E-state index in [9.17, 15) is 8.78 Å². The van der Waals surface area contributed by atoms with E-state index >= 15 is 0 Å². The molecule has 0 amide bonds. The number of aliphatic hydroxyl groups excluding tert-OH is 1. The van der Waals surface area contributed by atoms with Crippen LogP contribution in [-0.4, -0.2) is 11.7 Å². The van der Waals surface area contributed by atoms with Gasteiger partial charge in [-0.05, 0) is 42.0 Å². The Labute approximate surface area is 120 Å². The first-order chi connectivity index (χ1) is 9.67. The Balaban J connectivity index is 2.11. The van der Waals surface area contributed by atoms with E-state index in [0.717, 1.165) is 10.5 Å². The van der Waals surface area contributed by atoms with Gasteiger partial charge in [0.25, 0.3) is 0 Å². The highest BCUT2D eigenvalue weighted by Gasteiger charge is 2.02. The van der Waals surface area contributed by atoms with Crippen molar-refractivity contribution in [1.82, 2.24) is 0 Å². The predicted molar refractivity (Wildman–Crippen MR) is 76.3 cm³/mol. The number of aliphatic hydroxyl groups is 1. The zero-order chi connectivity index (χ0) is 14.4. The van der Waals surface area contributed by atoms with Crippen molar-refractivity contribution in [3.63, 3.8) is 0 Å². The molecule has 0 radical (unpaired) electrons. The Bertz CT molecular complexity index is 659. The normalized spacial score (nSPS) is 9.95. The molecule has 0 atom stereocenters. The van der Waals surface area contributed by atoms with Crippen LogP contribution in [0.1, 0.15) is 11.1 Å². The summed E-state index contributed by atoms with van der Waals surface area (Å²) in [6.07, 6.45) is 0. The second-order valence-electron chi connectivity index (χ2n) is 4.05. The molecule has 0 heterocycles. The summed E-state index contributed by atoms with van der Waals surface area (Å²) >= 11 is 1.42. The van der Waals surface area contributed by atoms with Crippen LogP contribution in [0.15, 0.2) is 47.4 Å². The summed E-state index contributed by atoms with van der Waals surface area (Å²) in [4.78, 5) is 0.789. The number of halogens is 2. The fourth-order valence-corrected chi connectivity index (χ4v) is 2.54. The zero-order valence-electron chi connectivity index (χ0n) is 10.6. The topological polar surface area (TPSA) is 20.2 Å². The number of hydrogen-bond donors (Lipinski definition) is 1. The molecule has 1 N–H and O–H groups in total. The van der Waals surface area contributed by atoms with E-state index in [4.69, 9.17) is 5.11 Å². The number of thioether (sulfide) groups is 1. The van der Waals surface area contributed by atoms with Crippen LogP contribution >= 0.6 is 11.8 Å². The second kappa shape index (κ2) is 7.09. The second-order valence-corrected chi connectivity index (χ2v) is 5.10. The van der Waals surface area contributed by atoms with E-state index in [-0.39, 0.29) is 18.2 Å². The van der Waals surface area contributed by atoms with Gasteiger partial charge in [0.05, 0.1) is 0 Å². The lowest BCUT2D eigenvalue weighted by Crippen LogP contribution is -1.87. The summed E-state index contributed by atoms with van der Waals surface area (Å²) in [7, 11) is 0. The minimum atomic E-state index is -0.371. The predicted octanol–water partition coefficient (Wildman–Crippen LogP) is 3.60. The molecule has 20 heavy (non-hydrogen) atoms. The highest BCUT2D eigenvalue weighted by molar-refractivity contribution is 7.98. The fourth-order valence-electron chi connectivity index (χ4n) is 1.67. The maximum absolute atomic E-state index is 13.4. The molecule has 1 nitrogen and oxygen atoms in total. The molecule has 2 aromatic rings. The van der Waals surface area contributed by atoms with Crippen molar-refractivity contribution in [3.8, 4) is 11.8 Å². The standard InChI is InChI=1S/C16H12F2OS/c17-14-4-1-5-16(10-14)20-11-13-7-12(3-2-6-19)8-15(18)9-13/h1,4-5,7-10,19H,6,11H2. The van der Waals surface area contributed by atoms with E-state index in [1.165, 1.54) is 36.0 Å². The molecule has 102 valence electrons. The molecule has 0 saturated carbocycles. The van der Waals surface area contributed by atoms with Crippen LogP contribution in [0.5, 0.6) is 0 Å². The van der Waals surface area contributed by atoms with Crippen LogP contribution in [0.3, 0.4) is 0 Å². The van der Waals surface area contributed by atoms with Gasteiger partial charge >= 0.3 is 0 Å². The highest BCUT2D eigenvalue weighted by atomic mass is 32.2. The number of hydrogen-bond acceptors (Lipinski definition) is 2. The average molecular weight is 290 g/mol. The average Bonchev–Trinajstić information content (AvgIpc) is 2.42. The maximum Gasteiger partial charge on any atom is 0.124 e. The van der Waals surface area contributed by atoms with Gasteiger partial charge in [-0.3, -0.25) is 0 Å². The third kappa shape index (κ3) is 4.37. The van der Waals surface area contributed by atoms with Crippen molar-refractivity contribution in [2.45, 2.75) is 10.6 Å². The van der Waals surface area contributed by atoms with Gasteiger partial charge in [0.2, 0.25) is 0 Å². The van der Waals surface area contributed by atoms with Crippen LogP contribution in [0.2, 0.25) is 0 Å². The summed E-state index contributed by atoms with van der Waals surface area (Å²) in [6, 6.07) is 10.8. The minimum Gasteiger partial charge on any atom is -0.384 e. The van der Waals surface area contributed by atoms with Crippen LogP contribution in [-0.2, 0) is 5.75 Å². The molecule has 2 aromatic carbocycles. The molecule has 0 bridgehead atoms. The van der Waals surface area contributed by atoms with E-state index in [0.29, 0.717) is 11.3 Å². The first-order valence-electron chi connectivity index (χ1n) is 5.95. The van der Waals surface area contributed by atoms with Gasteiger partial charge in [0, 0.05) is 16.2 Å². The lowest BCUT2D eigenvalue weighted by atomic mass is 10.1. The Morgan fingerprint density at radius 1 is 1.05 bits per heavy atom. The highest BCUT2D eigenvalue weighted by Crippen LogP contribution is 2.24. The summed E-state index contributed by atoms with van der Waals surface area (Å²) in [6.45, 7) is -0.260. The number of benzene rings is 2. The van der Waals surface area contributed by atoms with Gasteiger partial charge in [-0.2, -0.15) is 0 Å². The molecule has 0 aliphatic carbocycles. The van der Waals surface area contributed by atoms with Crippen molar-refractivity contribution in [3.05, 3.63) is 65.2 Å². The molecule has 0 unspecified atom stereocenters. The number of rotatable bonds is 3. The van der Waals surface area contributed by atoms with Gasteiger partial charge in [-0.15, -0.1) is 11.8 Å². The molecule has 0 aliphatic heterocycles. The van der Waals surface area contributed by atoms with Crippen molar-refractivity contribution < 1.29 is 13.9 Å². The van der Waals surface area contributed by atoms with E-state index < -0.39 is 0 Å². The van der Waals surface area contributed by atoms with Crippen LogP contribution < -0.4 is 0 Å². The van der Waals surface area contributed by atoms with Gasteiger partial charge in [0.15, 0.2) is 0 Å². The summed E-state index contributed by atoms with van der Waals surface area (Å²) in [5.74, 6) is 5.02. The molecule has 2 rings (SSSR count). The molecule has 0 fully saturated rings. The molecule has 0 saturated heterocycles. The van der Waals surface area contributed by atoms with Crippen LogP contribution in [0, 0.1) is 23.5 Å². The molecular formula is C16H12F2OS. The largest absolute Gasteiger partial charge is 0.384 e. The summed E-state index contributed by atoms with van der Waals surface area (Å²) < 4.78 is 26.5. The van der Waals surface area contributed by atoms with Crippen molar-refractivity contribution in [2.24, 2.45) is 0 Å². The van der Waals surface area contributed by atoms with E-state index in [1.54, 1.807) is 18.2 Å². The Morgan fingerprint density at radius 2 is 1.90 bits per heavy atom. The monoisotopic (exact) mass is 290 g/mol. The van der Waals surface area contributed by atoms with Crippen molar-refractivity contribution in [2.75, 3.05) is 6.61 Å².